The Kier molecular flexibility index (Phi) is 7.24. The van der Waals surface area contributed by atoms with Crippen LogP contribution >= 0.6 is 11.3 Å². The molecule has 0 radical (unpaired) electrons. The van der Waals surface area contributed by atoms with Crippen molar-refractivity contribution in [3.63, 3.8) is 0 Å². The molecule has 8 nitrogen and oxygen atoms in total. The van der Waals surface area contributed by atoms with Crippen LogP contribution < -0.4 is 15.6 Å². The van der Waals surface area contributed by atoms with E-state index in [1.165, 1.54) is 53.0 Å². The van der Waals surface area contributed by atoms with E-state index >= 15 is 0 Å². The number of hydrogen-bond donors (Lipinski definition) is 3. The van der Waals surface area contributed by atoms with Gasteiger partial charge in [-0.1, -0.05) is 19.1 Å². The van der Waals surface area contributed by atoms with Crippen molar-refractivity contribution in [1.29, 1.82) is 0 Å². The largest absolute Gasteiger partial charge is 0.295 e. The van der Waals surface area contributed by atoms with Crippen LogP contribution in [0, 0.1) is 5.92 Å². The van der Waals surface area contributed by atoms with Crippen LogP contribution in [-0.4, -0.2) is 32.6 Å². The summed E-state index contributed by atoms with van der Waals surface area (Å²) < 4.78 is 26.9. The van der Waals surface area contributed by atoms with Gasteiger partial charge in [-0.3, -0.25) is 25.2 Å². The van der Waals surface area contributed by atoms with Crippen LogP contribution in [-0.2, 0) is 27.7 Å². The van der Waals surface area contributed by atoms with Gasteiger partial charge in [-0.05, 0) is 55.9 Å². The third-order valence-corrected chi connectivity index (χ3v) is 7.80. The Balaban J connectivity index is 1.45. The van der Waals surface area contributed by atoms with Gasteiger partial charge in [0.1, 0.15) is 0 Å². The van der Waals surface area contributed by atoms with Crippen molar-refractivity contribution in [2.45, 2.75) is 44.4 Å². The minimum absolute atomic E-state index is 0.00203. The van der Waals surface area contributed by atoms with E-state index in [0.29, 0.717) is 16.4 Å². The highest BCUT2D eigenvalue weighted by Crippen LogP contribution is 2.32. The summed E-state index contributed by atoms with van der Waals surface area (Å²) in [4.78, 5) is 37.3. The molecule has 0 saturated carbocycles. The number of Topliss-reactive ketones (excluding diaryl/α,β-unsaturated/α-hetero) is 1. The fourth-order valence-electron chi connectivity index (χ4n) is 3.32. The van der Waals surface area contributed by atoms with Crippen LogP contribution in [0.1, 0.15) is 57.2 Å². The molecule has 3 N–H and O–H groups in total. The molecule has 1 heterocycles. The Morgan fingerprint density at radius 1 is 1.13 bits per heavy atom. The highest BCUT2D eigenvalue weighted by molar-refractivity contribution is 7.89. The smallest absolute Gasteiger partial charge is 0.279 e. The van der Waals surface area contributed by atoms with E-state index in [1.54, 1.807) is 0 Å². The van der Waals surface area contributed by atoms with E-state index in [0.717, 1.165) is 19.3 Å². The van der Waals surface area contributed by atoms with Gasteiger partial charge < -0.3 is 0 Å². The zero-order chi connectivity index (χ0) is 22.6. The fourth-order valence-corrected chi connectivity index (χ4v) is 5.45. The van der Waals surface area contributed by atoms with E-state index in [1.807, 2.05) is 6.07 Å². The molecule has 1 aromatic carbocycles. The molecule has 1 unspecified atom stereocenters. The van der Waals surface area contributed by atoms with E-state index in [2.05, 4.69) is 22.5 Å². The Labute approximate surface area is 185 Å². The summed E-state index contributed by atoms with van der Waals surface area (Å²) in [6, 6.07) is 7.41. The number of aryl methyl sites for hydroxylation is 1. The Bertz CT molecular complexity index is 1090. The van der Waals surface area contributed by atoms with E-state index < -0.39 is 15.9 Å². The molecule has 166 valence electrons. The van der Waals surface area contributed by atoms with Gasteiger partial charge in [0.2, 0.25) is 15.9 Å². The maximum atomic E-state index is 12.3. The monoisotopic (exact) mass is 463 g/mol. The van der Waals surface area contributed by atoms with E-state index in [9.17, 15) is 22.8 Å². The van der Waals surface area contributed by atoms with Crippen molar-refractivity contribution >= 4 is 39.0 Å². The number of amides is 2. The number of carbonyl (C=O) groups is 3. The predicted molar refractivity (Wildman–Crippen MR) is 117 cm³/mol. The number of thiophene rings is 1. The van der Waals surface area contributed by atoms with Crippen LogP contribution in [0.25, 0.3) is 0 Å². The lowest BCUT2D eigenvalue weighted by Gasteiger charge is -2.16. The maximum Gasteiger partial charge on any atom is 0.279 e. The summed E-state index contributed by atoms with van der Waals surface area (Å²) in [5, 5.41) is 0. The topological polar surface area (TPSA) is 121 Å². The average molecular weight is 464 g/mol. The van der Waals surface area contributed by atoms with Crippen molar-refractivity contribution in [2.24, 2.45) is 5.92 Å². The summed E-state index contributed by atoms with van der Waals surface area (Å²) in [6.45, 7) is 3.45. The minimum Gasteiger partial charge on any atom is -0.295 e. The molecule has 1 atom stereocenters. The molecule has 2 aromatic rings. The number of carbonyl (C=O) groups excluding carboxylic acids is 3. The molecule has 1 aromatic heterocycles. The second kappa shape index (κ2) is 9.71. The van der Waals surface area contributed by atoms with Crippen molar-refractivity contribution in [2.75, 3.05) is 6.54 Å². The molecular weight excluding hydrogens is 438 g/mol. The molecule has 0 fully saturated rings. The molecule has 0 spiro atoms. The summed E-state index contributed by atoms with van der Waals surface area (Å²) in [5.41, 5.74) is 6.30. The molecule has 0 aliphatic heterocycles. The highest BCUT2D eigenvalue weighted by atomic mass is 32.2. The first-order chi connectivity index (χ1) is 14.7. The van der Waals surface area contributed by atoms with Crippen molar-refractivity contribution < 1.29 is 22.8 Å². The van der Waals surface area contributed by atoms with Crippen LogP contribution in [0.4, 0.5) is 0 Å². The first kappa shape index (κ1) is 23.1. The number of nitrogens with one attached hydrogen (secondary N) is 3. The van der Waals surface area contributed by atoms with Crippen LogP contribution in [0.3, 0.4) is 0 Å². The molecule has 1 aliphatic rings. The quantitative estimate of drug-likeness (QED) is 0.429. The Morgan fingerprint density at radius 3 is 2.52 bits per heavy atom. The predicted octanol–water partition coefficient (Wildman–Crippen LogP) is 2.21. The molecule has 2 amide bonds. The number of sulfonamides is 1. The summed E-state index contributed by atoms with van der Waals surface area (Å²) in [5.74, 6) is -0.453. The lowest BCUT2D eigenvalue weighted by Crippen LogP contribution is -2.42. The van der Waals surface area contributed by atoms with Gasteiger partial charge in [0, 0.05) is 23.4 Å². The van der Waals surface area contributed by atoms with Gasteiger partial charge in [0.25, 0.3) is 5.91 Å². The van der Waals surface area contributed by atoms with Gasteiger partial charge in [0.15, 0.2) is 5.78 Å². The number of ketones is 1. The normalized spacial score (nSPS) is 15.7. The lowest BCUT2D eigenvalue weighted by atomic mass is 9.90. The number of benzene rings is 1. The van der Waals surface area contributed by atoms with Gasteiger partial charge in [-0.2, -0.15) is 0 Å². The zero-order valence-corrected chi connectivity index (χ0v) is 19.0. The first-order valence-electron chi connectivity index (χ1n) is 9.97. The van der Waals surface area contributed by atoms with E-state index in [4.69, 9.17) is 0 Å². The van der Waals surface area contributed by atoms with Gasteiger partial charge in [-0.15, -0.1) is 11.3 Å². The lowest BCUT2D eigenvalue weighted by molar-refractivity contribution is -0.121. The first-order valence-corrected chi connectivity index (χ1v) is 12.3. The minimum atomic E-state index is -3.81. The average Bonchev–Trinajstić information content (AvgIpc) is 3.15. The van der Waals surface area contributed by atoms with Crippen molar-refractivity contribution in [1.82, 2.24) is 15.6 Å². The SMILES string of the molecule is CC(=O)c1ccc(S(=O)(=O)NCCC(=O)NNC(=O)c2cc3c(s2)CCC(C)C3)cc1. The molecule has 0 saturated heterocycles. The van der Waals surface area contributed by atoms with Crippen LogP contribution in [0.5, 0.6) is 0 Å². The van der Waals surface area contributed by atoms with Crippen molar-refractivity contribution in [3.05, 3.63) is 51.2 Å². The van der Waals surface area contributed by atoms with Gasteiger partial charge in [0.05, 0.1) is 9.77 Å². The molecule has 31 heavy (non-hydrogen) atoms. The highest BCUT2D eigenvalue weighted by Gasteiger charge is 2.21. The molecule has 0 bridgehead atoms. The molecule has 1 aliphatic carbocycles. The maximum absolute atomic E-state index is 12.3. The summed E-state index contributed by atoms with van der Waals surface area (Å²) >= 11 is 1.44. The van der Waals surface area contributed by atoms with Crippen molar-refractivity contribution in [3.8, 4) is 0 Å². The third kappa shape index (κ3) is 5.99. The zero-order valence-electron chi connectivity index (χ0n) is 17.4. The Hall–Kier alpha value is -2.56. The molecule has 10 heteroatoms. The Morgan fingerprint density at radius 2 is 1.84 bits per heavy atom. The second-order valence-corrected chi connectivity index (χ2v) is 10.5. The standard InChI is InChI=1S/C21H25N3O5S2/c1-13-3-8-18-16(11-13)12-19(30-18)21(27)24-23-20(26)9-10-22-31(28,29)17-6-4-15(5-7-17)14(2)25/h4-7,12-13,22H,3,8-11H2,1-2H3,(H,23,26)(H,24,27). The summed E-state index contributed by atoms with van der Waals surface area (Å²) in [7, 11) is -3.81. The van der Waals surface area contributed by atoms with Crippen LogP contribution in [0.2, 0.25) is 0 Å². The van der Waals surface area contributed by atoms with Gasteiger partial charge >= 0.3 is 0 Å². The second-order valence-electron chi connectivity index (χ2n) is 7.64. The number of fused-ring (bicyclic) bond motifs is 1. The summed E-state index contributed by atoms with van der Waals surface area (Å²) in [6.07, 6.45) is 2.90. The number of hydrazine groups is 1. The molecule has 3 rings (SSSR count). The van der Waals surface area contributed by atoms with Gasteiger partial charge in [-0.25, -0.2) is 13.1 Å². The number of hydrogen-bond acceptors (Lipinski definition) is 6. The number of rotatable bonds is 7. The fraction of sp³-hybridized carbons (Fsp3) is 0.381. The van der Waals surface area contributed by atoms with Crippen LogP contribution in [0.15, 0.2) is 35.2 Å². The van der Waals surface area contributed by atoms with E-state index in [-0.39, 0.29) is 29.6 Å². The third-order valence-electron chi connectivity index (χ3n) is 5.08. The molecular formula is C21H25N3O5S2.